The molecule has 1 N–H and O–H groups in total. The SMILES string of the molecule is COc1cccc(/C=C2\SC(=S)N([C@@H](C)C(=O)N3CCC(C(=O)O)CC3)C2=O)c1. The molecule has 2 saturated heterocycles. The number of carbonyl (C=O) groups excluding carboxylic acids is 2. The summed E-state index contributed by atoms with van der Waals surface area (Å²) in [5.41, 5.74) is 0.805. The molecule has 0 aliphatic carbocycles. The number of nitrogens with zero attached hydrogens (tertiary/aromatic N) is 2. The molecule has 9 heteroatoms. The summed E-state index contributed by atoms with van der Waals surface area (Å²) in [5.74, 6) is -1.08. The zero-order chi connectivity index (χ0) is 21.1. The van der Waals surface area contributed by atoms with Crippen LogP contribution in [0.2, 0.25) is 0 Å². The lowest BCUT2D eigenvalue weighted by Crippen LogP contribution is -2.51. The van der Waals surface area contributed by atoms with Crippen LogP contribution in [-0.4, -0.2) is 63.3 Å². The maximum absolute atomic E-state index is 12.9. The van der Waals surface area contributed by atoms with Gasteiger partial charge in [-0.05, 0) is 43.5 Å². The van der Waals surface area contributed by atoms with Gasteiger partial charge in [0.15, 0.2) is 0 Å². The molecule has 0 radical (unpaired) electrons. The van der Waals surface area contributed by atoms with Crippen LogP contribution < -0.4 is 4.74 Å². The third kappa shape index (κ3) is 4.62. The molecule has 2 aliphatic rings. The summed E-state index contributed by atoms with van der Waals surface area (Å²) in [6, 6.07) is 6.58. The summed E-state index contributed by atoms with van der Waals surface area (Å²) in [6.45, 7) is 2.40. The Labute approximate surface area is 178 Å². The number of thiocarbonyl (C=S) groups is 1. The van der Waals surface area contributed by atoms with Crippen molar-refractivity contribution in [1.82, 2.24) is 9.80 Å². The standard InChI is InChI=1S/C20H22N2O5S2/c1-12(17(23)21-8-6-14(7-9-21)19(25)26)22-18(24)16(29-20(22)28)11-13-4-3-5-15(10-13)27-2/h3-5,10-12,14H,6-9H2,1-2H3,(H,25,26)/b16-11-/t12-/m0/s1. The van der Waals surface area contributed by atoms with Gasteiger partial charge in [-0.25, -0.2) is 0 Å². The second-order valence-electron chi connectivity index (χ2n) is 6.94. The Morgan fingerprint density at radius 2 is 2.03 bits per heavy atom. The second kappa shape index (κ2) is 8.96. The molecule has 2 aliphatic heterocycles. The number of carboxylic acid groups (broad SMARTS) is 1. The Kier molecular flexibility index (Phi) is 6.59. The van der Waals surface area contributed by atoms with Crippen LogP contribution >= 0.6 is 24.0 Å². The monoisotopic (exact) mass is 434 g/mol. The first-order valence-corrected chi connectivity index (χ1v) is 10.5. The van der Waals surface area contributed by atoms with E-state index in [-0.39, 0.29) is 11.8 Å². The van der Waals surface area contributed by atoms with Crippen molar-refractivity contribution in [2.24, 2.45) is 5.92 Å². The normalized spacial score (nSPS) is 20.3. The van der Waals surface area contributed by atoms with Gasteiger partial charge in [0, 0.05) is 13.1 Å². The minimum absolute atomic E-state index is 0.215. The van der Waals surface area contributed by atoms with E-state index in [1.165, 1.54) is 16.7 Å². The highest BCUT2D eigenvalue weighted by Crippen LogP contribution is 2.35. The summed E-state index contributed by atoms with van der Waals surface area (Å²) in [4.78, 5) is 40.3. The molecule has 0 unspecified atom stereocenters. The first kappa shape index (κ1) is 21.3. The van der Waals surface area contributed by atoms with E-state index in [4.69, 9.17) is 22.1 Å². The van der Waals surface area contributed by atoms with Crippen LogP contribution in [0.25, 0.3) is 6.08 Å². The number of hydrogen-bond donors (Lipinski definition) is 1. The van der Waals surface area contributed by atoms with Crippen LogP contribution in [0.3, 0.4) is 0 Å². The van der Waals surface area contributed by atoms with Crippen molar-refractivity contribution in [2.75, 3.05) is 20.2 Å². The van der Waals surface area contributed by atoms with Gasteiger partial charge < -0.3 is 14.7 Å². The highest BCUT2D eigenvalue weighted by molar-refractivity contribution is 8.26. The predicted octanol–water partition coefficient (Wildman–Crippen LogP) is 2.61. The van der Waals surface area contributed by atoms with Gasteiger partial charge >= 0.3 is 5.97 Å². The maximum Gasteiger partial charge on any atom is 0.306 e. The molecular weight excluding hydrogens is 412 g/mol. The largest absolute Gasteiger partial charge is 0.497 e. The number of carbonyl (C=O) groups is 3. The lowest BCUT2D eigenvalue weighted by molar-refractivity contribution is -0.147. The lowest BCUT2D eigenvalue weighted by atomic mass is 9.96. The van der Waals surface area contributed by atoms with Crippen LogP contribution in [0.1, 0.15) is 25.3 Å². The number of aliphatic carboxylic acids is 1. The van der Waals surface area contributed by atoms with Gasteiger partial charge in [0.1, 0.15) is 16.1 Å². The number of amides is 2. The van der Waals surface area contributed by atoms with Crippen molar-refractivity contribution in [1.29, 1.82) is 0 Å². The first-order chi connectivity index (χ1) is 13.8. The highest BCUT2D eigenvalue weighted by Gasteiger charge is 2.40. The quantitative estimate of drug-likeness (QED) is 0.563. The predicted molar refractivity (Wildman–Crippen MR) is 114 cm³/mol. The molecule has 3 rings (SSSR count). The zero-order valence-electron chi connectivity index (χ0n) is 16.2. The molecule has 1 atom stereocenters. The Morgan fingerprint density at radius 1 is 1.34 bits per heavy atom. The summed E-state index contributed by atoms with van der Waals surface area (Å²) < 4.78 is 5.54. The number of benzene rings is 1. The highest BCUT2D eigenvalue weighted by atomic mass is 32.2. The number of piperidine rings is 1. The first-order valence-electron chi connectivity index (χ1n) is 9.24. The minimum atomic E-state index is -0.829. The lowest BCUT2D eigenvalue weighted by Gasteiger charge is -2.34. The molecule has 29 heavy (non-hydrogen) atoms. The number of hydrogen-bond acceptors (Lipinski definition) is 6. The van der Waals surface area contributed by atoms with Gasteiger partial charge in [0.25, 0.3) is 5.91 Å². The summed E-state index contributed by atoms with van der Waals surface area (Å²) in [6.07, 6.45) is 2.57. The van der Waals surface area contributed by atoms with E-state index in [1.807, 2.05) is 24.3 Å². The molecule has 0 aromatic heterocycles. The Hall–Kier alpha value is -2.39. The molecule has 7 nitrogen and oxygen atoms in total. The maximum atomic E-state index is 12.9. The summed E-state index contributed by atoms with van der Waals surface area (Å²) in [5, 5.41) is 9.11. The van der Waals surface area contributed by atoms with E-state index < -0.39 is 17.9 Å². The molecule has 0 spiro atoms. The van der Waals surface area contributed by atoms with Crippen molar-refractivity contribution >= 4 is 52.2 Å². The minimum Gasteiger partial charge on any atom is -0.497 e. The Morgan fingerprint density at radius 3 is 2.66 bits per heavy atom. The molecule has 2 fully saturated rings. The van der Waals surface area contributed by atoms with E-state index in [2.05, 4.69) is 0 Å². The van der Waals surface area contributed by atoms with Crippen LogP contribution in [0.15, 0.2) is 29.2 Å². The number of thioether (sulfide) groups is 1. The second-order valence-corrected chi connectivity index (χ2v) is 8.62. The van der Waals surface area contributed by atoms with E-state index in [0.717, 1.165) is 5.56 Å². The zero-order valence-corrected chi connectivity index (χ0v) is 17.8. The van der Waals surface area contributed by atoms with Gasteiger partial charge in [-0.3, -0.25) is 19.3 Å². The van der Waals surface area contributed by atoms with E-state index in [9.17, 15) is 14.4 Å². The summed E-state index contributed by atoms with van der Waals surface area (Å²) in [7, 11) is 1.57. The molecule has 1 aromatic carbocycles. The van der Waals surface area contributed by atoms with E-state index in [1.54, 1.807) is 25.0 Å². The van der Waals surface area contributed by atoms with Gasteiger partial charge in [-0.2, -0.15) is 0 Å². The van der Waals surface area contributed by atoms with Crippen molar-refractivity contribution in [2.45, 2.75) is 25.8 Å². The average molecular weight is 435 g/mol. The Balaban J connectivity index is 1.71. The molecular formula is C20H22N2O5S2. The fourth-order valence-electron chi connectivity index (χ4n) is 3.42. The van der Waals surface area contributed by atoms with E-state index >= 15 is 0 Å². The molecule has 0 saturated carbocycles. The smallest absolute Gasteiger partial charge is 0.306 e. The number of methoxy groups -OCH3 is 1. The third-order valence-electron chi connectivity index (χ3n) is 5.12. The summed E-state index contributed by atoms with van der Waals surface area (Å²) >= 11 is 6.53. The fourth-order valence-corrected chi connectivity index (χ4v) is 4.84. The van der Waals surface area contributed by atoms with Crippen LogP contribution in [0.5, 0.6) is 5.75 Å². The van der Waals surface area contributed by atoms with Gasteiger partial charge in [-0.15, -0.1) is 0 Å². The molecule has 0 bridgehead atoms. The van der Waals surface area contributed by atoms with Gasteiger partial charge in [-0.1, -0.05) is 36.1 Å². The van der Waals surface area contributed by atoms with E-state index in [0.29, 0.717) is 40.9 Å². The van der Waals surface area contributed by atoms with Crippen LogP contribution in [0.4, 0.5) is 0 Å². The number of carboxylic acids is 1. The van der Waals surface area contributed by atoms with Crippen molar-refractivity contribution < 1.29 is 24.2 Å². The van der Waals surface area contributed by atoms with Crippen LogP contribution in [0, 0.1) is 5.92 Å². The number of likely N-dealkylation sites (tertiary alicyclic amines) is 1. The van der Waals surface area contributed by atoms with Gasteiger partial charge in [0.2, 0.25) is 5.91 Å². The molecule has 154 valence electrons. The average Bonchev–Trinajstić information content (AvgIpc) is 3.00. The fraction of sp³-hybridized carbons (Fsp3) is 0.400. The third-order valence-corrected chi connectivity index (χ3v) is 6.45. The van der Waals surface area contributed by atoms with Crippen molar-refractivity contribution in [3.05, 3.63) is 34.7 Å². The van der Waals surface area contributed by atoms with Crippen LogP contribution in [-0.2, 0) is 14.4 Å². The molecule has 1 aromatic rings. The Bertz CT molecular complexity index is 877. The molecule has 2 heterocycles. The van der Waals surface area contributed by atoms with Crippen molar-refractivity contribution in [3.63, 3.8) is 0 Å². The topological polar surface area (TPSA) is 87.2 Å². The number of rotatable bonds is 5. The number of ether oxygens (including phenoxy) is 1. The molecule has 2 amide bonds. The van der Waals surface area contributed by atoms with Crippen molar-refractivity contribution in [3.8, 4) is 5.75 Å². The van der Waals surface area contributed by atoms with Gasteiger partial charge in [0.05, 0.1) is 17.9 Å².